The van der Waals surface area contributed by atoms with E-state index in [2.05, 4.69) is 0 Å². The third-order valence-corrected chi connectivity index (χ3v) is 5.77. The first-order valence-corrected chi connectivity index (χ1v) is 10.4. The van der Waals surface area contributed by atoms with Gasteiger partial charge in [-0.15, -0.1) is 0 Å². The molecular weight excluding hydrogens is 416 g/mol. The Kier molecular flexibility index (Phi) is 5.73. The van der Waals surface area contributed by atoms with Crippen LogP contribution in [0.25, 0.3) is 16.8 Å². The molecule has 0 aliphatic carbocycles. The van der Waals surface area contributed by atoms with Crippen molar-refractivity contribution in [1.82, 2.24) is 4.90 Å². The molecule has 156 valence electrons. The molecule has 1 aliphatic rings. The van der Waals surface area contributed by atoms with Crippen LogP contribution >= 0.6 is 11.8 Å². The number of amides is 2. The van der Waals surface area contributed by atoms with E-state index in [0.717, 1.165) is 33.0 Å². The maximum absolute atomic E-state index is 13.0. The van der Waals surface area contributed by atoms with Crippen LogP contribution in [-0.4, -0.2) is 27.6 Å². The van der Waals surface area contributed by atoms with Crippen LogP contribution in [0.1, 0.15) is 18.1 Å². The van der Waals surface area contributed by atoms with Crippen LogP contribution < -0.4 is 4.74 Å². The molecule has 1 aliphatic heterocycles. The molecule has 0 atom stereocenters. The van der Waals surface area contributed by atoms with Crippen molar-refractivity contribution < 1.29 is 19.2 Å². The van der Waals surface area contributed by atoms with Gasteiger partial charge >= 0.3 is 0 Å². The molecule has 0 radical (unpaired) electrons. The van der Waals surface area contributed by atoms with Crippen LogP contribution in [0.2, 0.25) is 0 Å². The fourth-order valence-corrected chi connectivity index (χ4v) is 4.20. The molecule has 0 aromatic heterocycles. The summed E-state index contributed by atoms with van der Waals surface area (Å²) < 4.78 is 5.75. The van der Waals surface area contributed by atoms with E-state index in [1.54, 1.807) is 18.2 Å². The van der Waals surface area contributed by atoms with Crippen molar-refractivity contribution in [3.8, 4) is 5.75 Å². The molecule has 3 aromatic rings. The van der Waals surface area contributed by atoms with E-state index >= 15 is 0 Å². The van der Waals surface area contributed by atoms with E-state index in [4.69, 9.17) is 4.74 Å². The van der Waals surface area contributed by atoms with Gasteiger partial charge in [0.15, 0.2) is 0 Å². The largest absolute Gasteiger partial charge is 0.493 e. The highest BCUT2D eigenvalue weighted by molar-refractivity contribution is 8.18. The van der Waals surface area contributed by atoms with Gasteiger partial charge in [-0.1, -0.05) is 42.5 Å². The van der Waals surface area contributed by atoms with Gasteiger partial charge in [-0.2, -0.15) is 0 Å². The van der Waals surface area contributed by atoms with E-state index in [9.17, 15) is 19.7 Å². The number of nitro groups is 1. The molecule has 8 heteroatoms. The van der Waals surface area contributed by atoms with Gasteiger partial charge in [-0.25, -0.2) is 0 Å². The van der Waals surface area contributed by atoms with Gasteiger partial charge in [-0.05, 0) is 47.2 Å². The number of rotatable bonds is 6. The second-order valence-electron chi connectivity index (χ2n) is 6.82. The van der Waals surface area contributed by atoms with E-state index in [-0.39, 0.29) is 17.5 Å². The van der Waals surface area contributed by atoms with Gasteiger partial charge in [0, 0.05) is 17.7 Å². The summed E-state index contributed by atoms with van der Waals surface area (Å²) in [4.78, 5) is 37.3. The minimum absolute atomic E-state index is 0.0443. The zero-order valence-corrected chi connectivity index (χ0v) is 17.4. The van der Waals surface area contributed by atoms with Crippen LogP contribution in [0, 0.1) is 10.1 Å². The number of nitrogens with zero attached hydrogens (tertiary/aromatic N) is 2. The molecule has 0 unspecified atom stereocenters. The van der Waals surface area contributed by atoms with Crippen molar-refractivity contribution in [2.45, 2.75) is 13.5 Å². The molecule has 0 saturated carbocycles. The SMILES string of the molecule is CCOc1ccc2ccccc2c1/C=C1/SC(=O)N(Cc2ccc([N+](=O)[O-])cc2)C1=O. The van der Waals surface area contributed by atoms with Crippen molar-refractivity contribution in [2.24, 2.45) is 0 Å². The molecule has 31 heavy (non-hydrogen) atoms. The molecule has 1 heterocycles. The first-order valence-electron chi connectivity index (χ1n) is 9.61. The van der Waals surface area contributed by atoms with Crippen molar-refractivity contribution >= 4 is 45.4 Å². The Morgan fingerprint density at radius 3 is 2.52 bits per heavy atom. The summed E-state index contributed by atoms with van der Waals surface area (Å²) in [5, 5.41) is 12.4. The molecule has 0 bridgehead atoms. The Morgan fingerprint density at radius 2 is 1.81 bits per heavy atom. The molecule has 7 nitrogen and oxygen atoms in total. The molecule has 1 fully saturated rings. The van der Waals surface area contributed by atoms with E-state index in [0.29, 0.717) is 22.8 Å². The number of carbonyl (C=O) groups excluding carboxylic acids is 2. The summed E-state index contributed by atoms with van der Waals surface area (Å²) in [7, 11) is 0. The highest BCUT2D eigenvalue weighted by Gasteiger charge is 2.35. The number of carbonyl (C=O) groups is 2. The highest BCUT2D eigenvalue weighted by Crippen LogP contribution is 2.37. The molecule has 0 N–H and O–H groups in total. The minimum Gasteiger partial charge on any atom is -0.493 e. The van der Waals surface area contributed by atoms with E-state index < -0.39 is 10.8 Å². The normalized spacial score (nSPS) is 15.1. The van der Waals surface area contributed by atoms with Gasteiger partial charge in [0.2, 0.25) is 0 Å². The van der Waals surface area contributed by atoms with Crippen molar-refractivity contribution in [3.63, 3.8) is 0 Å². The predicted molar refractivity (Wildman–Crippen MR) is 120 cm³/mol. The summed E-state index contributed by atoms with van der Waals surface area (Å²) in [5.41, 5.74) is 1.34. The lowest BCUT2D eigenvalue weighted by atomic mass is 10.0. The van der Waals surface area contributed by atoms with Gasteiger partial charge in [0.05, 0.1) is 23.0 Å². The quantitative estimate of drug-likeness (QED) is 0.294. The summed E-state index contributed by atoms with van der Waals surface area (Å²) in [6.07, 6.45) is 1.70. The standard InChI is InChI=1S/C23H18N2O5S/c1-2-30-20-12-9-16-5-3-4-6-18(16)19(20)13-21-22(26)24(23(27)31-21)14-15-7-10-17(11-8-15)25(28)29/h3-13H,2,14H2,1H3/b21-13+. The smallest absolute Gasteiger partial charge is 0.293 e. The third-order valence-electron chi connectivity index (χ3n) is 4.87. The zero-order chi connectivity index (χ0) is 22.0. The van der Waals surface area contributed by atoms with Crippen LogP contribution in [0.4, 0.5) is 10.5 Å². The van der Waals surface area contributed by atoms with E-state index in [1.165, 1.54) is 12.1 Å². The lowest BCUT2D eigenvalue weighted by Crippen LogP contribution is -2.27. The van der Waals surface area contributed by atoms with Crippen LogP contribution in [-0.2, 0) is 11.3 Å². The number of imide groups is 1. The predicted octanol–water partition coefficient (Wildman–Crippen LogP) is 5.38. The lowest BCUT2D eigenvalue weighted by Gasteiger charge is -2.13. The fraction of sp³-hybridized carbons (Fsp3) is 0.130. The Hall–Kier alpha value is -3.65. The summed E-state index contributed by atoms with van der Waals surface area (Å²) >= 11 is 0.874. The fourth-order valence-electron chi connectivity index (χ4n) is 3.38. The summed E-state index contributed by atoms with van der Waals surface area (Å²) in [6, 6.07) is 17.4. The number of benzene rings is 3. The van der Waals surface area contributed by atoms with E-state index in [1.807, 2.05) is 43.3 Å². The Labute approximate surface area is 182 Å². The molecule has 3 aromatic carbocycles. The van der Waals surface area contributed by atoms with Crippen LogP contribution in [0.3, 0.4) is 0 Å². The molecule has 2 amide bonds. The van der Waals surface area contributed by atoms with Gasteiger partial charge in [0.25, 0.3) is 16.8 Å². The molecule has 0 spiro atoms. The Bertz CT molecular complexity index is 1220. The first kappa shape index (κ1) is 20.6. The maximum Gasteiger partial charge on any atom is 0.293 e. The zero-order valence-electron chi connectivity index (χ0n) is 16.6. The van der Waals surface area contributed by atoms with Crippen LogP contribution in [0.15, 0.2) is 65.6 Å². The lowest BCUT2D eigenvalue weighted by molar-refractivity contribution is -0.384. The van der Waals surface area contributed by atoms with Gasteiger partial charge < -0.3 is 4.74 Å². The van der Waals surface area contributed by atoms with Crippen molar-refractivity contribution in [1.29, 1.82) is 0 Å². The average Bonchev–Trinajstić information content (AvgIpc) is 3.03. The second-order valence-corrected chi connectivity index (χ2v) is 7.82. The Balaban J connectivity index is 1.66. The first-order chi connectivity index (χ1) is 15.0. The van der Waals surface area contributed by atoms with Gasteiger partial charge in [-0.3, -0.25) is 24.6 Å². The number of hydrogen-bond donors (Lipinski definition) is 0. The Morgan fingerprint density at radius 1 is 1.06 bits per heavy atom. The number of ether oxygens (including phenoxy) is 1. The van der Waals surface area contributed by atoms with Crippen molar-refractivity contribution in [2.75, 3.05) is 6.61 Å². The summed E-state index contributed by atoms with van der Waals surface area (Å²) in [5.74, 6) is 0.243. The highest BCUT2D eigenvalue weighted by atomic mass is 32.2. The number of non-ortho nitro benzene ring substituents is 1. The summed E-state index contributed by atoms with van der Waals surface area (Å²) in [6.45, 7) is 2.41. The minimum atomic E-state index is -0.493. The molecule has 1 saturated heterocycles. The number of fused-ring (bicyclic) bond motifs is 1. The molecule has 4 rings (SSSR count). The monoisotopic (exact) mass is 434 g/mol. The molecular formula is C23H18N2O5S. The number of hydrogen-bond acceptors (Lipinski definition) is 6. The van der Waals surface area contributed by atoms with Crippen molar-refractivity contribution in [3.05, 3.63) is 86.8 Å². The van der Waals surface area contributed by atoms with Crippen LogP contribution in [0.5, 0.6) is 5.75 Å². The topological polar surface area (TPSA) is 89.8 Å². The van der Waals surface area contributed by atoms with Gasteiger partial charge in [0.1, 0.15) is 5.75 Å². The second kappa shape index (κ2) is 8.61. The number of nitro benzene ring substituents is 1. The maximum atomic E-state index is 13.0. The number of thioether (sulfide) groups is 1. The average molecular weight is 434 g/mol. The third kappa shape index (κ3) is 4.15.